The summed E-state index contributed by atoms with van der Waals surface area (Å²) in [6, 6.07) is 15.8. The maximum atomic E-state index is 6.41. The number of hydrogen-bond acceptors (Lipinski definition) is 7. The zero-order chi connectivity index (χ0) is 25.2. The van der Waals surface area contributed by atoms with Gasteiger partial charge in [-0.1, -0.05) is 17.7 Å². The molecular formula is C29H36ClN7. The molecule has 0 saturated carbocycles. The van der Waals surface area contributed by atoms with Gasteiger partial charge < -0.3 is 20.4 Å². The number of likely N-dealkylation sites (N-methyl/N-ethyl adjacent to an activating group) is 1. The van der Waals surface area contributed by atoms with Crippen LogP contribution in [-0.2, 0) is 12.8 Å². The molecule has 0 spiro atoms. The van der Waals surface area contributed by atoms with E-state index in [0.717, 1.165) is 36.9 Å². The highest BCUT2D eigenvalue weighted by Crippen LogP contribution is 2.30. The molecule has 37 heavy (non-hydrogen) atoms. The number of fused-ring (bicyclic) bond motifs is 1. The van der Waals surface area contributed by atoms with Crippen LogP contribution >= 0.6 is 11.6 Å². The molecule has 3 aromatic rings. The highest BCUT2D eigenvalue weighted by atomic mass is 35.5. The molecule has 0 amide bonds. The van der Waals surface area contributed by atoms with E-state index in [1.165, 1.54) is 68.7 Å². The summed E-state index contributed by atoms with van der Waals surface area (Å²) in [7, 11) is 2.22. The number of piperidine rings is 1. The lowest BCUT2D eigenvalue weighted by Gasteiger charge is -2.42. The molecule has 2 aromatic carbocycles. The number of rotatable bonds is 6. The normalized spacial score (nSPS) is 19.1. The minimum absolute atomic E-state index is 0.501. The fourth-order valence-corrected chi connectivity index (χ4v) is 6.00. The molecule has 6 rings (SSSR count). The van der Waals surface area contributed by atoms with Crippen LogP contribution in [0.4, 0.5) is 28.8 Å². The van der Waals surface area contributed by atoms with Crippen molar-refractivity contribution >= 4 is 40.4 Å². The molecule has 0 atom stereocenters. The molecule has 7 nitrogen and oxygen atoms in total. The van der Waals surface area contributed by atoms with E-state index in [4.69, 9.17) is 11.6 Å². The summed E-state index contributed by atoms with van der Waals surface area (Å²) in [5, 5.41) is 7.21. The van der Waals surface area contributed by atoms with Crippen molar-refractivity contribution in [1.82, 2.24) is 19.8 Å². The molecule has 0 unspecified atom stereocenters. The van der Waals surface area contributed by atoms with Crippen LogP contribution in [0, 0.1) is 0 Å². The van der Waals surface area contributed by atoms with Crippen molar-refractivity contribution in [3.05, 3.63) is 64.8 Å². The topological polar surface area (TPSA) is 59.6 Å². The molecule has 2 saturated heterocycles. The SMILES string of the molecule is CN1CCN(C2CCN(c3ccc(Nc4ncc(Cl)c(Nc5ccc6c(c5)CCC6)n4)cc3)CC2)CC1. The lowest BCUT2D eigenvalue weighted by molar-refractivity contribution is 0.0982. The number of piperazine rings is 1. The van der Waals surface area contributed by atoms with E-state index in [0.29, 0.717) is 16.8 Å². The quantitative estimate of drug-likeness (QED) is 0.458. The van der Waals surface area contributed by atoms with Gasteiger partial charge in [0.25, 0.3) is 0 Å². The first-order chi connectivity index (χ1) is 18.1. The van der Waals surface area contributed by atoms with Gasteiger partial charge in [-0.25, -0.2) is 4.98 Å². The molecule has 3 aliphatic rings. The summed E-state index contributed by atoms with van der Waals surface area (Å²) in [6.07, 6.45) is 7.66. The van der Waals surface area contributed by atoms with Gasteiger partial charge in [0.2, 0.25) is 5.95 Å². The maximum Gasteiger partial charge on any atom is 0.229 e. The Balaban J connectivity index is 1.06. The maximum absolute atomic E-state index is 6.41. The Labute approximate surface area is 224 Å². The Hall–Kier alpha value is -2.87. The molecule has 8 heteroatoms. The smallest absolute Gasteiger partial charge is 0.229 e. The number of hydrogen-bond donors (Lipinski definition) is 2. The highest BCUT2D eigenvalue weighted by molar-refractivity contribution is 6.32. The van der Waals surface area contributed by atoms with Gasteiger partial charge >= 0.3 is 0 Å². The second-order valence-corrected chi connectivity index (χ2v) is 11.0. The number of nitrogens with one attached hydrogen (secondary N) is 2. The van der Waals surface area contributed by atoms with Crippen LogP contribution in [0.5, 0.6) is 0 Å². The van der Waals surface area contributed by atoms with Crippen LogP contribution in [0.25, 0.3) is 0 Å². The third kappa shape index (κ3) is 5.69. The largest absolute Gasteiger partial charge is 0.371 e. The number of aryl methyl sites for hydroxylation is 2. The zero-order valence-corrected chi connectivity index (χ0v) is 22.3. The second kappa shape index (κ2) is 10.9. The summed E-state index contributed by atoms with van der Waals surface area (Å²) in [6.45, 7) is 7.02. The van der Waals surface area contributed by atoms with E-state index in [2.05, 4.69) is 84.8 Å². The third-order valence-corrected chi connectivity index (χ3v) is 8.39. The van der Waals surface area contributed by atoms with Crippen LogP contribution in [0.3, 0.4) is 0 Å². The summed E-state index contributed by atoms with van der Waals surface area (Å²) >= 11 is 6.41. The van der Waals surface area contributed by atoms with Crippen molar-refractivity contribution in [1.29, 1.82) is 0 Å². The van der Waals surface area contributed by atoms with Crippen LogP contribution in [0.2, 0.25) is 5.02 Å². The summed E-state index contributed by atoms with van der Waals surface area (Å²) in [4.78, 5) is 16.7. The van der Waals surface area contributed by atoms with E-state index in [1.54, 1.807) is 6.20 Å². The first kappa shape index (κ1) is 24.5. The molecule has 1 aliphatic carbocycles. The monoisotopic (exact) mass is 517 g/mol. The number of anilines is 5. The lowest BCUT2D eigenvalue weighted by atomic mass is 10.0. The van der Waals surface area contributed by atoms with Crippen LogP contribution in [0.15, 0.2) is 48.7 Å². The summed E-state index contributed by atoms with van der Waals surface area (Å²) < 4.78 is 0. The van der Waals surface area contributed by atoms with Crippen molar-refractivity contribution < 1.29 is 0 Å². The average molecular weight is 518 g/mol. The van der Waals surface area contributed by atoms with Crippen molar-refractivity contribution in [2.45, 2.75) is 38.1 Å². The lowest BCUT2D eigenvalue weighted by Crippen LogP contribution is -2.52. The Morgan fingerprint density at radius 2 is 1.57 bits per heavy atom. The van der Waals surface area contributed by atoms with Crippen molar-refractivity contribution in [2.75, 3.05) is 61.8 Å². The first-order valence-electron chi connectivity index (χ1n) is 13.6. The predicted molar refractivity (Wildman–Crippen MR) is 153 cm³/mol. The third-order valence-electron chi connectivity index (χ3n) is 8.11. The number of benzene rings is 2. The van der Waals surface area contributed by atoms with Gasteiger partial charge in [-0.15, -0.1) is 0 Å². The van der Waals surface area contributed by atoms with Gasteiger partial charge in [0.05, 0.1) is 6.20 Å². The number of nitrogens with zero attached hydrogens (tertiary/aromatic N) is 5. The van der Waals surface area contributed by atoms with E-state index in [-0.39, 0.29) is 0 Å². The first-order valence-corrected chi connectivity index (χ1v) is 13.9. The predicted octanol–water partition coefficient (Wildman–Crippen LogP) is 5.32. The molecular weight excluding hydrogens is 482 g/mol. The Morgan fingerprint density at radius 1 is 0.838 bits per heavy atom. The molecule has 2 fully saturated rings. The average Bonchev–Trinajstić information content (AvgIpc) is 3.40. The van der Waals surface area contributed by atoms with Crippen LogP contribution in [-0.4, -0.2) is 72.1 Å². The van der Waals surface area contributed by atoms with Crippen molar-refractivity contribution in [3.63, 3.8) is 0 Å². The van der Waals surface area contributed by atoms with E-state index < -0.39 is 0 Å². The minimum atomic E-state index is 0.501. The standard InChI is InChI=1S/C29H36ClN7/c1-35-15-17-37(18-16-35)26-11-13-36(14-12-26)25-9-7-23(8-10-25)33-29-31-20-27(30)28(34-29)32-24-6-5-21-3-2-4-22(21)19-24/h5-10,19-20,26H,2-4,11-18H2,1H3,(H2,31,32,33,34). The van der Waals surface area contributed by atoms with E-state index in [1.807, 2.05) is 0 Å². The van der Waals surface area contributed by atoms with Gasteiger partial charge in [-0.3, -0.25) is 4.90 Å². The number of halogens is 1. The molecule has 194 valence electrons. The van der Waals surface area contributed by atoms with Crippen LogP contribution < -0.4 is 15.5 Å². The van der Waals surface area contributed by atoms with Gasteiger partial charge in [0.15, 0.2) is 5.82 Å². The van der Waals surface area contributed by atoms with Gasteiger partial charge in [-0.05, 0) is 86.7 Å². The minimum Gasteiger partial charge on any atom is -0.371 e. The molecule has 1 aromatic heterocycles. The zero-order valence-electron chi connectivity index (χ0n) is 21.6. The van der Waals surface area contributed by atoms with Crippen molar-refractivity contribution in [2.24, 2.45) is 0 Å². The highest BCUT2D eigenvalue weighted by Gasteiger charge is 2.26. The summed E-state index contributed by atoms with van der Waals surface area (Å²) in [5.74, 6) is 1.13. The number of aromatic nitrogens is 2. The fraction of sp³-hybridized carbons (Fsp3) is 0.448. The van der Waals surface area contributed by atoms with Gasteiger partial charge in [-0.2, -0.15) is 4.98 Å². The molecule has 0 radical (unpaired) electrons. The van der Waals surface area contributed by atoms with Crippen molar-refractivity contribution in [3.8, 4) is 0 Å². The van der Waals surface area contributed by atoms with Crippen LogP contribution in [0.1, 0.15) is 30.4 Å². The second-order valence-electron chi connectivity index (χ2n) is 10.6. The molecule has 2 N–H and O–H groups in total. The van der Waals surface area contributed by atoms with E-state index >= 15 is 0 Å². The Morgan fingerprint density at radius 3 is 2.35 bits per heavy atom. The Kier molecular flexibility index (Phi) is 7.18. The van der Waals surface area contributed by atoms with Gasteiger partial charge in [0, 0.05) is 62.4 Å². The molecule has 0 bridgehead atoms. The Bertz CT molecular complexity index is 1220. The molecule has 3 heterocycles. The molecule has 2 aliphatic heterocycles. The summed E-state index contributed by atoms with van der Waals surface area (Å²) in [5.41, 5.74) is 6.11. The van der Waals surface area contributed by atoms with Gasteiger partial charge in [0.1, 0.15) is 5.02 Å². The van der Waals surface area contributed by atoms with E-state index in [9.17, 15) is 0 Å². The fourth-order valence-electron chi connectivity index (χ4n) is 5.86.